The van der Waals surface area contributed by atoms with E-state index in [1.165, 1.54) is 31.7 Å². The van der Waals surface area contributed by atoms with Crippen molar-refractivity contribution in [2.24, 2.45) is 5.92 Å². The Morgan fingerprint density at radius 3 is 2.48 bits per heavy atom. The van der Waals surface area contributed by atoms with Gasteiger partial charge in [-0.15, -0.1) is 0 Å². The van der Waals surface area contributed by atoms with Gasteiger partial charge in [-0.2, -0.15) is 0 Å². The first kappa shape index (κ1) is 16.3. The summed E-state index contributed by atoms with van der Waals surface area (Å²) in [6.07, 6.45) is 5.17. The number of aliphatic hydroxyl groups is 1. The quantitative estimate of drug-likeness (QED) is 0.823. The van der Waals surface area contributed by atoms with E-state index in [2.05, 4.69) is 18.7 Å². The van der Waals surface area contributed by atoms with Crippen molar-refractivity contribution in [3.8, 4) is 0 Å². The van der Waals surface area contributed by atoms with Crippen molar-refractivity contribution in [1.29, 1.82) is 0 Å². The van der Waals surface area contributed by atoms with Crippen LogP contribution in [0.5, 0.6) is 0 Å². The number of halogens is 1. The average Bonchev–Trinajstić information content (AvgIpc) is 2.92. The van der Waals surface area contributed by atoms with Crippen LogP contribution in [0.4, 0.5) is 10.1 Å². The van der Waals surface area contributed by atoms with Gasteiger partial charge in [0.1, 0.15) is 5.82 Å². The lowest BCUT2D eigenvalue weighted by molar-refractivity contribution is 0.194. The molecule has 0 bridgehead atoms. The fraction of sp³-hybridized carbons (Fsp3) is 0.667. The molecule has 1 aromatic carbocycles. The molecular formula is C18H28FNO. The van der Waals surface area contributed by atoms with Gasteiger partial charge in [0.05, 0.1) is 6.10 Å². The fourth-order valence-corrected chi connectivity index (χ4v) is 3.30. The highest BCUT2D eigenvalue weighted by Crippen LogP contribution is 2.34. The van der Waals surface area contributed by atoms with Gasteiger partial charge in [-0.25, -0.2) is 4.39 Å². The van der Waals surface area contributed by atoms with E-state index in [9.17, 15) is 9.50 Å². The topological polar surface area (TPSA) is 23.5 Å². The van der Waals surface area contributed by atoms with Gasteiger partial charge in [0.2, 0.25) is 0 Å². The van der Waals surface area contributed by atoms with Crippen LogP contribution in [0.2, 0.25) is 0 Å². The van der Waals surface area contributed by atoms with Crippen molar-refractivity contribution < 1.29 is 9.50 Å². The SMILES string of the molecule is CC(C)CCN(c1cccc(F)c1[C@@H](C)O)C1CCCC1. The number of nitrogens with zero attached hydrogens (tertiary/aromatic N) is 1. The zero-order valence-corrected chi connectivity index (χ0v) is 13.5. The molecule has 3 heteroatoms. The predicted molar refractivity (Wildman–Crippen MR) is 86.1 cm³/mol. The first-order valence-electron chi connectivity index (χ1n) is 8.23. The highest BCUT2D eigenvalue weighted by atomic mass is 19.1. The number of benzene rings is 1. The van der Waals surface area contributed by atoms with Crippen LogP contribution in [-0.4, -0.2) is 17.7 Å². The zero-order valence-electron chi connectivity index (χ0n) is 13.5. The highest BCUT2D eigenvalue weighted by molar-refractivity contribution is 5.56. The summed E-state index contributed by atoms with van der Waals surface area (Å²) in [5, 5.41) is 9.99. The monoisotopic (exact) mass is 293 g/mol. The third kappa shape index (κ3) is 3.97. The molecule has 1 aliphatic carbocycles. The summed E-state index contributed by atoms with van der Waals surface area (Å²) in [4.78, 5) is 2.35. The van der Waals surface area contributed by atoms with E-state index >= 15 is 0 Å². The predicted octanol–water partition coefficient (Wildman–Crippen LogP) is 4.67. The Hall–Kier alpha value is -1.09. The van der Waals surface area contributed by atoms with Crippen LogP contribution in [-0.2, 0) is 0 Å². The summed E-state index contributed by atoms with van der Waals surface area (Å²) in [6.45, 7) is 7.02. The molecule has 0 radical (unpaired) electrons. The van der Waals surface area contributed by atoms with Crippen LogP contribution in [0.15, 0.2) is 18.2 Å². The molecular weight excluding hydrogens is 265 g/mol. The molecule has 21 heavy (non-hydrogen) atoms. The molecule has 1 saturated carbocycles. The summed E-state index contributed by atoms with van der Waals surface area (Å²) in [6, 6.07) is 5.65. The molecule has 1 atom stereocenters. The first-order valence-corrected chi connectivity index (χ1v) is 8.23. The van der Waals surface area contributed by atoms with Crippen molar-refractivity contribution >= 4 is 5.69 Å². The Kier molecular flexibility index (Phi) is 5.63. The third-order valence-electron chi connectivity index (χ3n) is 4.47. The van der Waals surface area contributed by atoms with E-state index in [-0.39, 0.29) is 5.82 Å². The van der Waals surface area contributed by atoms with Crippen molar-refractivity contribution in [1.82, 2.24) is 0 Å². The molecule has 1 fully saturated rings. The number of hydrogen-bond acceptors (Lipinski definition) is 2. The van der Waals surface area contributed by atoms with Crippen LogP contribution in [0, 0.1) is 11.7 Å². The molecule has 0 amide bonds. The Morgan fingerprint density at radius 1 is 1.24 bits per heavy atom. The van der Waals surface area contributed by atoms with E-state index in [4.69, 9.17) is 0 Å². The maximum Gasteiger partial charge on any atom is 0.131 e. The molecule has 1 N–H and O–H groups in total. The average molecular weight is 293 g/mol. The second-order valence-electron chi connectivity index (χ2n) is 6.66. The minimum Gasteiger partial charge on any atom is -0.389 e. The molecule has 2 rings (SSSR count). The summed E-state index contributed by atoms with van der Waals surface area (Å²) in [5.74, 6) is 0.326. The maximum atomic E-state index is 14.2. The molecule has 1 aliphatic rings. The van der Waals surface area contributed by atoms with Gasteiger partial charge in [0.15, 0.2) is 0 Å². The number of hydrogen-bond donors (Lipinski definition) is 1. The molecule has 1 aromatic rings. The molecule has 0 saturated heterocycles. The Bertz CT molecular complexity index is 453. The normalized spacial score (nSPS) is 17.4. The lowest BCUT2D eigenvalue weighted by Crippen LogP contribution is -2.35. The standard InChI is InChI=1S/C18H28FNO/c1-13(2)11-12-20(15-7-4-5-8-15)17-10-6-9-16(19)18(17)14(3)21/h6,9-10,13-15,21H,4-5,7-8,11-12H2,1-3H3/t14-/m1/s1. The zero-order chi connectivity index (χ0) is 15.4. The first-order chi connectivity index (χ1) is 10.0. The van der Waals surface area contributed by atoms with Gasteiger partial charge in [-0.3, -0.25) is 0 Å². The lowest BCUT2D eigenvalue weighted by Gasteiger charge is -2.34. The summed E-state index contributed by atoms with van der Waals surface area (Å²) < 4.78 is 14.2. The molecule has 0 aliphatic heterocycles. The molecule has 0 aromatic heterocycles. The van der Waals surface area contributed by atoms with Crippen molar-refractivity contribution in [2.45, 2.75) is 65.0 Å². The molecule has 0 unspecified atom stereocenters. The van der Waals surface area contributed by atoms with E-state index in [0.717, 1.165) is 18.7 Å². The minimum absolute atomic E-state index is 0.296. The summed E-state index contributed by atoms with van der Waals surface area (Å²) in [7, 11) is 0. The summed E-state index contributed by atoms with van der Waals surface area (Å²) >= 11 is 0. The van der Waals surface area contributed by atoms with Crippen molar-refractivity contribution in [3.63, 3.8) is 0 Å². The molecule has 0 spiro atoms. The third-order valence-corrected chi connectivity index (χ3v) is 4.47. The maximum absolute atomic E-state index is 14.2. The van der Waals surface area contributed by atoms with Gasteiger partial charge in [0, 0.05) is 23.8 Å². The summed E-state index contributed by atoms with van der Waals surface area (Å²) in [5.41, 5.74) is 1.34. The van der Waals surface area contributed by atoms with Crippen LogP contribution in [0.1, 0.15) is 64.5 Å². The van der Waals surface area contributed by atoms with Gasteiger partial charge in [-0.1, -0.05) is 32.8 Å². The van der Waals surface area contributed by atoms with Gasteiger partial charge in [0.25, 0.3) is 0 Å². The van der Waals surface area contributed by atoms with E-state index in [1.807, 2.05) is 6.07 Å². The van der Waals surface area contributed by atoms with Crippen LogP contribution < -0.4 is 4.90 Å². The van der Waals surface area contributed by atoms with Gasteiger partial charge >= 0.3 is 0 Å². The van der Waals surface area contributed by atoms with E-state index in [1.54, 1.807) is 13.0 Å². The van der Waals surface area contributed by atoms with Crippen LogP contribution >= 0.6 is 0 Å². The molecule has 2 nitrogen and oxygen atoms in total. The van der Waals surface area contributed by atoms with Crippen molar-refractivity contribution in [2.75, 3.05) is 11.4 Å². The largest absolute Gasteiger partial charge is 0.389 e. The second kappa shape index (κ2) is 7.26. The Labute approximate surface area is 128 Å². The van der Waals surface area contributed by atoms with E-state index < -0.39 is 6.10 Å². The molecule has 118 valence electrons. The lowest BCUT2D eigenvalue weighted by atomic mass is 10.0. The highest BCUT2D eigenvalue weighted by Gasteiger charge is 2.26. The molecule has 0 heterocycles. The van der Waals surface area contributed by atoms with Crippen LogP contribution in [0.25, 0.3) is 0 Å². The van der Waals surface area contributed by atoms with Crippen molar-refractivity contribution in [3.05, 3.63) is 29.6 Å². The fourth-order valence-electron chi connectivity index (χ4n) is 3.30. The Morgan fingerprint density at radius 2 is 1.90 bits per heavy atom. The second-order valence-corrected chi connectivity index (χ2v) is 6.66. The smallest absolute Gasteiger partial charge is 0.131 e. The van der Waals surface area contributed by atoms with Gasteiger partial charge in [-0.05, 0) is 44.2 Å². The number of aliphatic hydroxyl groups excluding tert-OH is 1. The van der Waals surface area contributed by atoms with Gasteiger partial charge < -0.3 is 10.0 Å². The number of rotatable bonds is 6. The van der Waals surface area contributed by atoms with Crippen LogP contribution in [0.3, 0.4) is 0 Å². The number of anilines is 1. The minimum atomic E-state index is -0.774. The Balaban J connectivity index is 2.33. The van der Waals surface area contributed by atoms with E-state index in [0.29, 0.717) is 17.5 Å².